The standard InChI is InChI=1S/C18H36N2/c1-5-9-19-18-7-6-15(4)11-17(18)13-20-10-8-16(12-20)14(2)3/h14-19H,5-13H2,1-4H3. The number of hydrogen-bond donors (Lipinski definition) is 1. The minimum Gasteiger partial charge on any atom is -0.314 e. The number of rotatable bonds is 6. The Morgan fingerprint density at radius 2 is 2.00 bits per heavy atom. The van der Waals surface area contributed by atoms with E-state index in [2.05, 4.69) is 37.9 Å². The minimum atomic E-state index is 0.782. The average molecular weight is 280 g/mol. The van der Waals surface area contributed by atoms with Crippen LogP contribution in [0.3, 0.4) is 0 Å². The van der Waals surface area contributed by atoms with Gasteiger partial charge in [-0.2, -0.15) is 0 Å². The molecule has 1 heterocycles. The molecule has 0 amide bonds. The SMILES string of the molecule is CCCNC1CCC(C)CC1CN1CCC(C(C)C)C1. The highest BCUT2D eigenvalue weighted by Gasteiger charge is 2.32. The van der Waals surface area contributed by atoms with Crippen LogP contribution in [0.15, 0.2) is 0 Å². The van der Waals surface area contributed by atoms with Crippen molar-refractivity contribution in [2.45, 2.75) is 65.8 Å². The zero-order valence-corrected chi connectivity index (χ0v) is 14.2. The van der Waals surface area contributed by atoms with Crippen molar-refractivity contribution >= 4 is 0 Å². The second-order valence-corrected chi connectivity index (χ2v) is 7.79. The second-order valence-electron chi connectivity index (χ2n) is 7.79. The topological polar surface area (TPSA) is 15.3 Å². The Bertz CT molecular complexity index is 275. The van der Waals surface area contributed by atoms with Crippen molar-refractivity contribution in [2.75, 3.05) is 26.2 Å². The quantitative estimate of drug-likeness (QED) is 0.797. The summed E-state index contributed by atoms with van der Waals surface area (Å²) in [5, 5.41) is 3.82. The molecule has 0 spiro atoms. The molecule has 1 aliphatic carbocycles. The van der Waals surface area contributed by atoms with Crippen molar-refractivity contribution < 1.29 is 0 Å². The van der Waals surface area contributed by atoms with Crippen molar-refractivity contribution in [1.82, 2.24) is 10.2 Å². The van der Waals surface area contributed by atoms with E-state index in [1.807, 2.05) is 0 Å². The van der Waals surface area contributed by atoms with Crippen LogP contribution in [-0.2, 0) is 0 Å². The Labute approximate surface area is 126 Å². The van der Waals surface area contributed by atoms with Crippen LogP contribution in [0.2, 0.25) is 0 Å². The summed E-state index contributed by atoms with van der Waals surface area (Å²) in [7, 11) is 0. The van der Waals surface area contributed by atoms with Gasteiger partial charge in [0.05, 0.1) is 0 Å². The summed E-state index contributed by atoms with van der Waals surface area (Å²) in [6.07, 6.45) is 6.94. The molecule has 2 nitrogen and oxygen atoms in total. The van der Waals surface area contributed by atoms with Crippen LogP contribution < -0.4 is 5.32 Å². The van der Waals surface area contributed by atoms with Gasteiger partial charge in [0.15, 0.2) is 0 Å². The first kappa shape index (κ1) is 16.3. The number of nitrogens with one attached hydrogen (secondary N) is 1. The molecular weight excluding hydrogens is 244 g/mol. The lowest BCUT2D eigenvalue weighted by molar-refractivity contribution is 0.155. The highest BCUT2D eigenvalue weighted by Crippen LogP contribution is 2.32. The van der Waals surface area contributed by atoms with Crippen LogP contribution in [0.25, 0.3) is 0 Å². The van der Waals surface area contributed by atoms with E-state index in [1.165, 1.54) is 58.3 Å². The second kappa shape index (κ2) is 7.79. The highest BCUT2D eigenvalue weighted by atomic mass is 15.2. The third-order valence-electron chi connectivity index (χ3n) is 5.65. The van der Waals surface area contributed by atoms with E-state index in [4.69, 9.17) is 0 Å². The maximum absolute atomic E-state index is 3.82. The van der Waals surface area contributed by atoms with Crippen LogP contribution in [0.1, 0.15) is 59.8 Å². The summed E-state index contributed by atoms with van der Waals surface area (Å²) in [5.74, 6) is 3.62. The largest absolute Gasteiger partial charge is 0.314 e. The summed E-state index contributed by atoms with van der Waals surface area (Å²) in [5.41, 5.74) is 0. The normalized spacial score (nSPS) is 35.9. The summed E-state index contributed by atoms with van der Waals surface area (Å²) < 4.78 is 0. The van der Waals surface area contributed by atoms with Crippen molar-refractivity contribution in [3.63, 3.8) is 0 Å². The van der Waals surface area contributed by atoms with Crippen LogP contribution >= 0.6 is 0 Å². The average Bonchev–Trinajstić information content (AvgIpc) is 2.87. The van der Waals surface area contributed by atoms with E-state index in [-0.39, 0.29) is 0 Å². The lowest BCUT2D eigenvalue weighted by Gasteiger charge is -2.38. The van der Waals surface area contributed by atoms with Crippen molar-refractivity contribution in [3.05, 3.63) is 0 Å². The molecule has 0 aromatic heterocycles. The zero-order chi connectivity index (χ0) is 14.5. The Kier molecular flexibility index (Phi) is 6.35. The molecule has 1 saturated heterocycles. The Balaban J connectivity index is 1.84. The molecule has 4 unspecified atom stereocenters. The maximum Gasteiger partial charge on any atom is 0.0108 e. The zero-order valence-electron chi connectivity index (χ0n) is 14.2. The summed E-state index contributed by atoms with van der Waals surface area (Å²) in [6.45, 7) is 14.7. The first-order valence-electron chi connectivity index (χ1n) is 9.05. The van der Waals surface area contributed by atoms with Crippen LogP contribution in [-0.4, -0.2) is 37.1 Å². The Morgan fingerprint density at radius 1 is 1.20 bits per heavy atom. The van der Waals surface area contributed by atoms with E-state index >= 15 is 0 Å². The molecule has 0 radical (unpaired) electrons. The summed E-state index contributed by atoms with van der Waals surface area (Å²) in [6, 6.07) is 0.782. The number of hydrogen-bond acceptors (Lipinski definition) is 2. The van der Waals surface area contributed by atoms with Crippen LogP contribution in [0.5, 0.6) is 0 Å². The smallest absolute Gasteiger partial charge is 0.0108 e. The molecule has 0 aromatic carbocycles. The van der Waals surface area contributed by atoms with Crippen molar-refractivity contribution in [1.29, 1.82) is 0 Å². The third kappa shape index (κ3) is 4.46. The van der Waals surface area contributed by atoms with Gasteiger partial charge < -0.3 is 10.2 Å². The van der Waals surface area contributed by atoms with Crippen LogP contribution in [0, 0.1) is 23.7 Å². The van der Waals surface area contributed by atoms with Crippen molar-refractivity contribution in [3.8, 4) is 0 Å². The van der Waals surface area contributed by atoms with Gasteiger partial charge in [-0.25, -0.2) is 0 Å². The van der Waals surface area contributed by atoms with Gasteiger partial charge in [-0.1, -0.05) is 27.7 Å². The van der Waals surface area contributed by atoms with Gasteiger partial charge in [0.2, 0.25) is 0 Å². The van der Waals surface area contributed by atoms with E-state index in [1.54, 1.807) is 0 Å². The molecule has 1 saturated carbocycles. The van der Waals surface area contributed by atoms with E-state index in [0.717, 1.165) is 29.7 Å². The number of likely N-dealkylation sites (tertiary alicyclic amines) is 1. The molecular formula is C18H36N2. The van der Waals surface area contributed by atoms with E-state index in [0.29, 0.717) is 0 Å². The van der Waals surface area contributed by atoms with Gasteiger partial charge in [0, 0.05) is 19.1 Å². The van der Waals surface area contributed by atoms with Gasteiger partial charge in [0.1, 0.15) is 0 Å². The molecule has 2 rings (SSSR count). The molecule has 0 bridgehead atoms. The maximum atomic E-state index is 3.82. The van der Waals surface area contributed by atoms with Gasteiger partial charge in [-0.3, -0.25) is 0 Å². The van der Waals surface area contributed by atoms with Gasteiger partial charge in [-0.15, -0.1) is 0 Å². The highest BCUT2D eigenvalue weighted by molar-refractivity contribution is 4.87. The van der Waals surface area contributed by atoms with Crippen LogP contribution in [0.4, 0.5) is 0 Å². The predicted octanol–water partition coefficient (Wildman–Crippen LogP) is 3.77. The lowest BCUT2D eigenvalue weighted by atomic mass is 9.78. The van der Waals surface area contributed by atoms with E-state index < -0.39 is 0 Å². The van der Waals surface area contributed by atoms with Gasteiger partial charge in [0.25, 0.3) is 0 Å². The Morgan fingerprint density at radius 3 is 2.65 bits per heavy atom. The fourth-order valence-corrected chi connectivity index (χ4v) is 4.20. The molecule has 2 fully saturated rings. The molecule has 118 valence electrons. The summed E-state index contributed by atoms with van der Waals surface area (Å²) >= 11 is 0. The molecule has 2 aliphatic rings. The minimum absolute atomic E-state index is 0.782. The fraction of sp³-hybridized carbons (Fsp3) is 1.00. The molecule has 20 heavy (non-hydrogen) atoms. The molecule has 1 aliphatic heterocycles. The monoisotopic (exact) mass is 280 g/mol. The molecule has 2 heteroatoms. The fourth-order valence-electron chi connectivity index (χ4n) is 4.20. The predicted molar refractivity (Wildman–Crippen MR) is 88.0 cm³/mol. The van der Waals surface area contributed by atoms with Crippen molar-refractivity contribution in [2.24, 2.45) is 23.7 Å². The lowest BCUT2D eigenvalue weighted by Crippen LogP contribution is -2.45. The molecule has 1 N–H and O–H groups in total. The van der Waals surface area contributed by atoms with Gasteiger partial charge >= 0.3 is 0 Å². The first-order chi connectivity index (χ1) is 9.60. The number of nitrogens with zero attached hydrogens (tertiary/aromatic N) is 1. The van der Waals surface area contributed by atoms with E-state index in [9.17, 15) is 0 Å². The summed E-state index contributed by atoms with van der Waals surface area (Å²) in [4.78, 5) is 2.76. The first-order valence-corrected chi connectivity index (χ1v) is 9.05. The van der Waals surface area contributed by atoms with Gasteiger partial charge in [-0.05, 0) is 68.9 Å². The molecule has 4 atom stereocenters. The molecule has 0 aromatic rings. The Hall–Kier alpha value is -0.0800. The third-order valence-corrected chi connectivity index (χ3v) is 5.65.